The third kappa shape index (κ3) is 4.85. The lowest BCUT2D eigenvalue weighted by Gasteiger charge is -2.34. The highest BCUT2D eigenvalue weighted by Crippen LogP contribution is 2.56. The van der Waals surface area contributed by atoms with Crippen molar-refractivity contribution in [2.75, 3.05) is 4.90 Å². The molecule has 0 aliphatic heterocycles. The maximum absolute atomic E-state index is 2.44. The number of hydrogen-bond acceptors (Lipinski definition) is 2. The average molecular weight is 718 g/mol. The Kier molecular flexibility index (Phi) is 7.33. The van der Waals surface area contributed by atoms with Gasteiger partial charge in [-0.05, 0) is 86.3 Å². The molecule has 1 nitrogen and oxygen atoms in total. The molecule has 258 valence electrons. The zero-order chi connectivity index (χ0) is 36.3. The second-order valence-electron chi connectivity index (χ2n) is 14.4. The van der Waals surface area contributed by atoms with Gasteiger partial charge in [0.2, 0.25) is 0 Å². The van der Waals surface area contributed by atoms with E-state index in [1.165, 1.54) is 75.5 Å². The number of nitrogens with zero attached hydrogens (tertiary/aromatic N) is 1. The minimum atomic E-state index is -0.444. The van der Waals surface area contributed by atoms with Crippen LogP contribution >= 0.6 is 11.3 Å². The van der Waals surface area contributed by atoms with Gasteiger partial charge in [0.05, 0.1) is 11.1 Å². The van der Waals surface area contributed by atoms with E-state index in [1.807, 2.05) is 11.3 Å². The Morgan fingerprint density at radius 2 is 0.964 bits per heavy atom. The number of hydrogen-bond donors (Lipinski definition) is 0. The zero-order valence-electron chi connectivity index (χ0n) is 30.1. The van der Waals surface area contributed by atoms with Crippen LogP contribution in [0.4, 0.5) is 17.1 Å². The summed E-state index contributed by atoms with van der Waals surface area (Å²) >= 11 is 1.88. The van der Waals surface area contributed by atoms with Gasteiger partial charge in [0.15, 0.2) is 0 Å². The fraction of sp³-hybridized carbons (Fsp3) is 0.0189. The molecule has 10 aromatic rings. The number of thiophene rings is 1. The van der Waals surface area contributed by atoms with E-state index in [2.05, 4.69) is 217 Å². The minimum Gasteiger partial charge on any atom is -0.310 e. The first kappa shape index (κ1) is 31.8. The van der Waals surface area contributed by atoms with Crippen molar-refractivity contribution >= 4 is 59.3 Å². The topological polar surface area (TPSA) is 3.24 Å². The second-order valence-corrected chi connectivity index (χ2v) is 15.5. The van der Waals surface area contributed by atoms with Gasteiger partial charge in [-0.3, -0.25) is 0 Å². The van der Waals surface area contributed by atoms with Gasteiger partial charge in [0.25, 0.3) is 0 Å². The van der Waals surface area contributed by atoms with E-state index in [9.17, 15) is 0 Å². The molecule has 0 radical (unpaired) electrons. The largest absolute Gasteiger partial charge is 0.310 e. The van der Waals surface area contributed by atoms with Crippen LogP contribution < -0.4 is 4.90 Å². The van der Waals surface area contributed by atoms with E-state index >= 15 is 0 Å². The number of anilines is 3. The van der Waals surface area contributed by atoms with E-state index in [4.69, 9.17) is 0 Å². The Bertz CT molecular complexity index is 3000. The van der Waals surface area contributed by atoms with Crippen LogP contribution in [-0.4, -0.2) is 0 Å². The van der Waals surface area contributed by atoms with E-state index in [1.54, 1.807) is 0 Å². The van der Waals surface area contributed by atoms with Gasteiger partial charge in [-0.2, -0.15) is 0 Å². The number of fused-ring (bicyclic) bond motifs is 7. The smallest absolute Gasteiger partial charge is 0.0713 e. The maximum Gasteiger partial charge on any atom is 0.0713 e. The molecule has 2 heteroatoms. The highest BCUT2D eigenvalue weighted by atomic mass is 32.1. The Hall–Kier alpha value is -6.74. The van der Waals surface area contributed by atoms with Crippen molar-refractivity contribution in [3.8, 4) is 22.3 Å². The van der Waals surface area contributed by atoms with Crippen LogP contribution in [0.3, 0.4) is 0 Å². The molecule has 0 saturated carbocycles. The van der Waals surface area contributed by atoms with Crippen LogP contribution in [0.5, 0.6) is 0 Å². The summed E-state index contributed by atoms with van der Waals surface area (Å²) in [6, 6.07) is 78.2. The Morgan fingerprint density at radius 3 is 1.76 bits per heavy atom. The maximum atomic E-state index is 2.44. The summed E-state index contributed by atoms with van der Waals surface area (Å²) in [5.74, 6) is 0. The molecule has 0 bridgehead atoms. The normalized spacial score (nSPS) is 12.9. The van der Waals surface area contributed by atoms with Crippen LogP contribution in [0.25, 0.3) is 53.2 Å². The van der Waals surface area contributed by atoms with Crippen LogP contribution in [0.15, 0.2) is 212 Å². The molecular weight excluding hydrogens is 683 g/mol. The third-order valence-electron chi connectivity index (χ3n) is 11.5. The van der Waals surface area contributed by atoms with Gasteiger partial charge >= 0.3 is 0 Å². The van der Waals surface area contributed by atoms with E-state index in [-0.39, 0.29) is 0 Å². The molecule has 0 saturated heterocycles. The summed E-state index contributed by atoms with van der Waals surface area (Å²) in [7, 11) is 0. The lowest BCUT2D eigenvalue weighted by atomic mass is 9.68. The number of rotatable bonds is 6. The molecule has 0 spiro atoms. The highest BCUT2D eigenvalue weighted by Gasteiger charge is 2.45. The fourth-order valence-corrected chi connectivity index (χ4v) is 10.4. The molecule has 1 aromatic heterocycles. The molecule has 1 aliphatic rings. The molecule has 0 amide bonds. The van der Waals surface area contributed by atoms with Crippen molar-refractivity contribution in [3.05, 3.63) is 235 Å². The molecule has 55 heavy (non-hydrogen) atoms. The van der Waals surface area contributed by atoms with Gasteiger partial charge in [-0.1, -0.05) is 176 Å². The molecule has 1 heterocycles. The predicted octanol–water partition coefficient (Wildman–Crippen LogP) is 14.7. The summed E-state index contributed by atoms with van der Waals surface area (Å²) in [6.45, 7) is 0. The summed E-state index contributed by atoms with van der Waals surface area (Å²) < 4.78 is 2.64. The van der Waals surface area contributed by atoms with E-state index in [0.717, 1.165) is 17.1 Å². The standard InChI is InChI=1S/C53H35NS/c1-2-18-38(19-3-1)53(48-27-9-6-22-44(48)45-23-7-10-28-49(45)53)39-31-33-40(34-32-39)54(50-29-13-16-36-15-4-5-21-42(36)50)41-20-12-17-37(35-41)43-25-14-26-47-46-24-8-11-30-51(46)55-52(43)47/h1-35H. The molecule has 1 aliphatic carbocycles. The molecule has 9 aromatic carbocycles. The average Bonchev–Trinajstić information content (AvgIpc) is 3.79. The van der Waals surface area contributed by atoms with Gasteiger partial charge < -0.3 is 4.90 Å². The van der Waals surface area contributed by atoms with Crippen LogP contribution in [0.1, 0.15) is 22.3 Å². The quantitative estimate of drug-likeness (QED) is 0.166. The second kappa shape index (κ2) is 12.7. The van der Waals surface area contributed by atoms with Crippen LogP contribution in [0.2, 0.25) is 0 Å². The van der Waals surface area contributed by atoms with Crippen molar-refractivity contribution in [2.45, 2.75) is 5.41 Å². The lowest BCUT2D eigenvalue weighted by Crippen LogP contribution is -2.28. The molecule has 11 rings (SSSR count). The van der Waals surface area contributed by atoms with Gasteiger partial charge in [-0.15, -0.1) is 11.3 Å². The lowest BCUT2D eigenvalue weighted by molar-refractivity contribution is 0.768. The fourth-order valence-electron chi connectivity index (χ4n) is 9.19. The molecule has 0 atom stereocenters. The monoisotopic (exact) mass is 717 g/mol. The minimum absolute atomic E-state index is 0.444. The summed E-state index contributed by atoms with van der Waals surface area (Å²) in [5, 5.41) is 5.06. The SMILES string of the molecule is c1ccc(C2(c3ccc(N(c4cccc(-c5cccc6c5sc5ccccc56)c4)c4cccc5ccccc45)cc3)c3ccccc3-c3ccccc32)cc1. The van der Waals surface area contributed by atoms with Crippen LogP contribution in [0, 0.1) is 0 Å². The van der Waals surface area contributed by atoms with E-state index in [0.29, 0.717) is 0 Å². The summed E-state index contributed by atoms with van der Waals surface area (Å²) in [5.41, 5.74) is 13.2. The van der Waals surface area contributed by atoms with Crippen molar-refractivity contribution in [2.24, 2.45) is 0 Å². The van der Waals surface area contributed by atoms with Crippen molar-refractivity contribution < 1.29 is 0 Å². The first-order valence-corrected chi connectivity index (χ1v) is 19.7. The Labute approximate surface area is 325 Å². The van der Waals surface area contributed by atoms with Gasteiger partial charge in [-0.25, -0.2) is 0 Å². The van der Waals surface area contributed by atoms with Crippen molar-refractivity contribution in [1.29, 1.82) is 0 Å². The Balaban J connectivity index is 1.11. The first-order chi connectivity index (χ1) is 27.3. The van der Waals surface area contributed by atoms with Crippen LogP contribution in [-0.2, 0) is 5.41 Å². The Morgan fingerprint density at radius 1 is 0.382 bits per heavy atom. The highest BCUT2D eigenvalue weighted by molar-refractivity contribution is 7.26. The van der Waals surface area contributed by atoms with E-state index < -0.39 is 5.41 Å². The summed E-state index contributed by atoms with van der Waals surface area (Å²) in [6.07, 6.45) is 0. The predicted molar refractivity (Wildman–Crippen MR) is 234 cm³/mol. The van der Waals surface area contributed by atoms with Gasteiger partial charge in [0.1, 0.15) is 0 Å². The van der Waals surface area contributed by atoms with Crippen molar-refractivity contribution in [3.63, 3.8) is 0 Å². The number of benzene rings is 9. The first-order valence-electron chi connectivity index (χ1n) is 18.9. The molecular formula is C53H35NS. The zero-order valence-corrected chi connectivity index (χ0v) is 30.9. The van der Waals surface area contributed by atoms with Crippen molar-refractivity contribution in [1.82, 2.24) is 0 Å². The van der Waals surface area contributed by atoms with Gasteiger partial charge in [0, 0.05) is 36.9 Å². The molecule has 0 unspecified atom stereocenters. The molecule has 0 N–H and O–H groups in total. The molecule has 0 fully saturated rings. The third-order valence-corrected chi connectivity index (χ3v) is 12.8. The summed E-state index contributed by atoms with van der Waals surface area (Å²) in [4.78, 5) is 2.44.